The molecule has 1 aliphatic heterocycles. The van der Waals surface area contributed by atoms with Crippen LogP contribution in [0.15, 0.2) is 0 Å². The van der Waals surface area contributed by atoms with Gasteiger partial charge < -0.3 is 10.2 Å². The van der Waals surface area contributed by atoms with E-state index < -0.39 is 0 Å². The highest BCUT2D eigenvalue weighted by Gasteiger charge is 2.37. The molecule has 1 aliphatic rings. The van der Waals surface area contributed by atoms with Gasteiger partial charge >= 0.3 is 0 Å². The fraction of sp³-hybridized carbons (Fsp3) is 1.00. The van der Waals surface area contributed by atoms with Crippen LogP contribution in [0.3, 0.4) is 0 Å². The maximum absolute atomic E-state index is 3.78. The van der Waals surface area contributed by atoms with Gasteiger partial charge in [-0.25, -0.2) is 0 Å². The van der Waals surface area contributed by atoms with E-state index in [1.807, 2.05) is 0 Å². The third kappa shape index (κ3) is 2.71. The fourth-order valence-corrected chi connectivity index (χ4v) is 2.63. The summed E-state index contributed by atoms with van der Waals surface area (Å²) in [6.07, 6.45) is 2.65. The Morgan fingerprint density at radius 1 is 1.21 bits per heavy atom. The van der Waals surface area contributed by atoms with Crippen molar-refractivity contribution >= 4 is 0 Å². The summed E-state index contributed by atoms with van der Waals surface area (Å²) >= 11 is 0. The summed E-state index contributed by atoms with van der Waals surface area (Å²) in [5.74, 6) is 0.715. The van der Waals surface area contributed by atoms with Gasteiger partial charge in [-0.3, -0.25) is 0 Å². The molecule has 0 spiro atoms. The number of hydrogen-bond donors (Lipinski definition) is 1. The molecular formula is C12H26N2. The predicted octanol–water partition coefficient (Wildman–Crippen LogP) is 2.10. The first kappa shape index (κ1) is 12.0. The third-order valence-electron chi connectivity index (χ3n) is 3.40. The molecule has 14 heavy (non-hydrogen) atoms. The lowest BCUT2D eigenvalue weighted by Crippen LogP contribution is -2.61. The minimum atomic E-state index is 0.348. The number of likely N-dealkylation sites (tertiary alicyclic amines) is 1. The monoisotopic (exact) mass is 198 g/mol. The largest absolute Gasteiger partial charge is 0.308 e. The highest BCUT2D eigenvalue weighted by molar-refractivity contribution is 4.97. The molecule has 1 saturated heterocycles. The zero-order valence-electron chi connectivity index (χ0n) is 10.4. The van der Waals surface area contributed by atoms with Crippen molar-refractivity contribution < 1.29 is 0 Å². The normalized spacial score (nSPS) is 30.2. The molecule has 1 rings (SSSR count). The number of likely N-dealkylation sites (N-methyl/N-ethyl adjacent to an activating group) is 1. The Labute approximate surface area is 89.1 Å². The Balaban J connectivity index is 2.69. The van der Waals surface area contributed by atoms with Crippen molar-refractivity contribution in [1.82, 2.24) is 10.2 Å². The van der Waals surface area contributed by atoms with Crippen molar-refractivity contribution in [2.45, 2.75) is 52.1 Å². The number of rotatable bonds is 3. The summed E-state index contributed by atoms with van der Waals surface area (Å²) in [5, 5.41) is 3.78. The second kappa shape index (κ2) is 4.63. The van der Waals surface area contributed by atoms with Crippen LogP contribution in [0.2, 0.25) is 0 Å². The van der Waals surface area contributed by atoms with Crippen LogP contribution in [-0.2, 0) is 0 Å². The second-order valence-electron chi connectivity index (χ2n) is 5.45. The van der Waals surface area contributed by atoms with Gasteiger partial charge in [-0.05, 0) is 32.4 Å². The zero-order chi connectivity index (χ0) is 10.8. The van der Waals surface area contributed by atoms with E-state index in [0.717, 1.165) is 0 Å². The summed E-state index contributed by atoms with van der Waals surface area (Å²) in [7, 11) is 2.23. The van der Waals surface area contributed by atoms with Gasteiger partial charge in [-0.1, -0.05) is 27.7 Å². The van der Waals surface area contributed by atoms with Crippen molar-refractivity contribution in [2.75, 3.05) is 20.1 Å². The van der Waals surface area contributed by atoms with Crippen LogP contribution >= 0.6 is 0 Å². The van der Waals surface area contributed by atoms with Crippen molar-refractivity contribution in [3.8, 4) is 0 Å². The Hall–Kier alpha value is -0.0800. The Morgan fingerprint density at radius 3 is 2.29 bits per heavy atom. The van der Waals surface area contributed by atoms with E-state index in [2.05, 4.69) is 45.0 Å². The third-order valence-corrected chi connectivity index (χ3v) is 3.40. The average molecular weight is 198 g/mol. The quantitative estimate of drug-likeness (QED) is 0.747. The van der Waals surface area contributed by atoms with Crippen LogP contribution in [0.4, 0.5) is 0 Å². The van der Waals surface area contributed by atoms with Crippen LogP contribution in [0.5, 0.6) is 0 Å². The van der Waals surface area contributed by atoms with Crippen LogP contribution in [-0.4, -0.2) is 36.6 Å². The molecule has 2 heteroatoms. The molecule has 1 fully saturated rings. The van der Waals surface area contributed by atoms with Crippen molar-refractivity contribution in [1.29, 1.82) is 0 Å². The van der Waals surface area contributed by atoms with Gasteiger partial charge in [-0.2, -0.15) is 0 Å². The number of hydrogen-bond acceptors (Lipinski definition) is 2. The van der Waals surface area contributed by atoms with Gasteiger partial charge in [-0.15, -0.1) is 0 Å². The van der Waals surface area contributed by atoms with E-state index in [0.29, 0.717) is 17.5 Å². The Bertz CT molecular complexity index is 173. The van der Waals surface area contributed by atoms with E-state index in [1.165, 1.54) is 25.9 Å². The summed E-state index contributed by atoms with van der Waals surface area (Å²) in [5.41, 5.74) is 0.348. The minimum absolute atomic E-state index is 0.348. The molecule has 0 amide bonds. The molecule has 1 N–H and O–H groups in total. The van der Waals surface area contributed by atoms with Gasteiger partial charge in [0.25, 0.3) is 0 Å². The molecule has 1 atom stereocenters. The molecule has 2 nitrogen and oxygen atoms in total. The molecule has 0 aliphatic carbocycles. The molecule has 0 radical (unpaired) electrons. The lowest BCUT2D eigenvalue weighted by molar-refractivity contribution is 0.0952. The number of nitrogens with one attached hydrogen (secondary N) is 1. The van der Waals surface area contributed by atoms with Crippen molar-refractivity contribution in [3.63, 3.8) is 0 Å². The second-order valence-corrected chi connectivity index (χ2v) is 5.45. The average Bonchev–Trinajstić information content (AvgIpc) is 2.02. The lowest BCUT2D eigenvalue weighted by Gasteiger charge is -2.46. The van der Waals surface area contributed by atoms with Crippen LogP contribution in [0, 0.1) is 5.92 Å². The van der Waals surface area contributed by atoms with Gasteiger partial charge in [0.15, 0.2) is 0 Å². The molecule has 0 aromatic heterocycles. The van der Waals surface area contributed by atoms with Crippen LogP contribution in [0.1, 0.15) is 40.5 Å². The smallest absolute Gasteiger partial charge is 0.0334 e. The molecule has 0 aromatic rings. The van der Waals surface area contributed by atoms with E-state index in [1.54, 1.807) is 0 Å². The highest BCUT2D eigenvalue weighted by atomic mass is 15.2. The van der Waals surface area contributed by atoms with E-state index in [4.69, 9.17) is 0 Å². The number of nitrogens with zero attached hydrogens (tertiary/aromatic N) is 1. The van der Waals surface area contributed by atoms with E-state index in [9.17, 15) is 0 Å². The summed E-state index contributed by atoms with van der Waals surface area (Å²) in [4.78, 5) is 2.46. The van der Waals surface area contributed by atoms with Gasteiger partial charge in [0.1, 0.15) is 0 Å². The lowest BCUT2D eigenvalue weighted by atomic mass is 9.79. The standard InChI is InChI=1S/C12H26N2/c1-10(2)12(13-11(3)4)7-6-8-14(5)9-12/h10-11,13H,6-9H2,1-5H3. The highest BCUT2D eigenvalue weighted by Crippen LogP contribution is 2.28. The van der Waals surface area contributed by atoms with E-state index >= 15 is 0 Å². The number of piperidine rings is 1. The Kier molecular flexibility index (Phi) is 3.96. The zero-order valence-corrected chi connectivity index (χ0v) is 10.4. The molecule has 1 unspecified atom stereocenters. The predicted molar refractivity (Wildman–Crippen MR) is 62.6 cm³/mol. The first-order valence-electron chi connectivity index (χ1n) is 5.92. The van der Waals surface area contributed by atoms with Crippen molar-refractivity contribution in [2.24, 2.45) is 5.92 Å². The SMILES string of the molecule is CC(C)NC1(C(C)C)CCCN(C)C1. The van der Waals surface area contributed by atoms with Gasteiger partial charge in [0, 0.05) is 18.1 Å². The van der Waals surface area contributed by atoms with Crippen LogP contribution in [0.25, 0.3) is 0 Å². The minimum Gasteiger partial charge on any atom is -0.308 e. The van der Waals surface area contributed by atoms with Crippen LogP contribution < -0.4 is 5.32 Å². The fourth-order valence-electron chi connectivity index (χ4n) is 2.63. The van der Waals surface area contributed by atoms with Gasteiger partial charge in [0.05, 0.1) is 0 Å². The molecule has 0 aromatic carbocycles. The van der Waals surface area contributed by atoms with E-state index in [-0.39, 0.29) is 0 Å². The summed E-state index contributed by atoms with van der Waals surface area (Å²) in [6.45, 7) is 11.6. The molecular weight excluding hydrogens is 172 g/mol. The molecule has 0 bridgehead atoms. The summed E-state index contributed by atoms with van der Waals surface area (Å²) < 4.78 is 0. The molecule has 84 valence electrons. The first-order valence-corrected chi connectivity index (χ1v) is 5.92. The first-order chi connectivity index (χ1) is 6.46. The maximum Gasteiger partial charge on any atom is 0.0334 e. The molecule has 0 saturated carbocycles. The molecule has 1 heterocycles. The Morgan fingerprint density at radius 2 is 1.86 bits per heavy atom. The topological polar surface area (TPSA) is 15.3 Å². The van der Waals surface area contributed by atoms with Gasteiger partial charge in [0.2, 0.25) is 0 Å². The van der Waals surface area contributed by atoms with Crippen molar-refractivity contribution in [3.05, 3.63) is 0 Å². The summed E-state index contributed by atoms with van der Waals surface area (Å²) in [6, 6.07) is 0.587. The maximum atomic E-state index is 3.78.